The Morgan fingerprint density at radius 1 is 1.17 bits per heavy atom. The molecule has 0 radical (unpaired) electrons. The van der Waals surface area contributed by atoms with Crippen LogP contribution < -0.4 is 10.6 Å². The summed E-state index contributed by atoms with van der Waals surface area (Å²) < 4.78 is 0. The smallest absolute Gasteiger partial charge is 0.0359 e. The van der Waals surface area contributed by atoms with Gasteiger partial charge in [0.1, 0.15) is 0 Å². The van der Waals surface area contributed by atoms with Crippen LogP contribution in [0, 0.1) is 5.92 Å². The van der Waals surface area contributed by atoms with E-state index in [9.17, 15) is 0 Å². The van der Waals surface area contributed by atoms with Crippen LogP contribution in [0.2, 0.25) is 0 Å². The normalized spacial score (nSPS) is 21.3. The Morgan fingerprint density at radius 3 is 2.72 bits per heavy atom. The predicted molar refractivity (Wildman–Crippen MR) is 76.7 cm³/mol. The Balaban J connectivity index is 1.96. The van der Waals surface area contributed by atoms with Crippen molar-refractivity contribution in [2.24, 2.45) is 5.92 Å². The largest absolute Gasteiger partial charge is 0.316 e. The van der Waals surface area contributed by atoms with E-state index < -0.39 is 0 Å². The van der Waals surface area contributed by atoms with Gasteiger partial charge in [0, 0.05) is 6.04 Å². The van der Waals surface area contributed by atoms with E-state index in [1.165, 1.54) is 22.8 Å². The number of benzene rings is 2. The van der Waals surface area contributed by atoms with Crippen molar-refractivity contribution in [2.45, 2.75) is 12.5 Å². The number of hydrogen-bond acceptors (Lipinski definition) is 2. The van der Waals surface area contributed by atoms with Gasteiger partial charge in [0.15, 0.2) is 0 Å². The van der Waals surface area contributed by atoms with E-state index in [0.29, 0.717) is 12.0 Å². The van der Waals surface area contributed by atoms with Crippen LogP contribution >= 0.6 is 0 Å². The standard InChI is InChI=1S/C16H20N2/c1-17-16(15-8-9-18-11-15)14-7-6-12-4-2-3-5-13(12)10-14/h2-7,10,15-18H,8-9,11H2,1H3. The molecule has 0 aromatic heterocycles. The van der Waals surface area contributed by atoms with Crippen LogP contribution in [0.15, 0.2) is 42.5 Å². The SMILES string of the molecule is CNC(c1ccc2ccccc2c1)C1CCNC1. The summed E-state index contributed by atoms with van der Waals surface area (Å²) >= 11 is 0. The van der Waals surface area contributed by atoms with Crippen LogP contribution in [0.1, 0.15) is 18.0 Å². The Labute approximate surface area is 108 Å². The fraction of sp³-hybridized carbons (Fsp3) is 0.375. The average Bonchev–Trinajstić information content (AvgIpc) is 2.93. The average molecular weight is 240 g/mol. The van der Waals surface area contributed by atoms with E-state index >= 15 is 0 Å². The van der Waals surface area contributed by atoms with Gasteiger partial charge in [-0.15, -0.1) is 0 Å². The molecule has 2 N–H and O–H groups in total. The third-order valence-electron chi connectivity index (χ3n) is 4.01. The lowest BCUT2D eigenvalue weighted by atomic mass is 9.91. The van der Waals surface area contributed by atoms with Crippen molar-refractivity contribution in [3.8, 4) is 0 Å². The Bertz CT molecular complexity index is 529. The van der Waals surface area contributed by atoms with Crippen LogP contribution in [0.25, 0.3) is 10.8 Å². The summed E-state index contributed by atoms with van der Waals surface area (Å²) in [6.45, 7) is 2.27. The molecule has 2 heteroatoms. The van der Waals surface area contributed by atoms with E-state index in [0.717, 1.165) is 13.1 Å². The Morgan fingerprint density at radius 2 is 2.00 bits per heavy atom. The molecule has 1 aliphatic rings. The van der Waals surface area contributed by atoms with Crippen LogP contribution in [0.3, 0.4) is 0 Å². The van der Waals surface area contributed by atoms with Crippen molar-refractivity contribution in [2.75, 3.05) is 20.1 Å². The van der Waals surface area contributed by atoms with Crippen LogP contribution in [-0.4, -0.2) is 20.1 Å². The van der Waals surface area contributed by atoms with Gasteiger partial charge in [0.05, 0.1) is 0 Å². The van der Waals surface area contributed by atoms with Gasteiger partial charge in [-0.25, -0.2) is 0 Å². The first-order valence-corrected chi connectivity index (χ1v) is 6.75. The first kappa shape index (κ1) is 11.7. The van der Waals surface area contributed by atoms with E-state index in [1.54, 1.807) is 0 Å². The molecule has 1 fully saturated rings. The maximum absolute atomic E-state index is 3.48. The Hall–Kier alpha value is -1.38. The maximum Gasteiger partial charge on any atom is 0.0359 e. The van der Waals surface area contributed by atoms with E-state index in [2.05, 4.69) is 60.1 Å². The summed E-state index contributed by atoms with van der Waals surface area (Å²) in [7, 11) is 2.07. The third-order valence-corrected chi connectivity index (χ3v) is 4.01. The van der Waals surface area contributed by atoms with Crippen LogP contribution in [0.5, 0.6) is 0 Å². The molecule has 94 valence electrons. The minimum Gasteiger partial charge on any atom is -0.316 e. The third kappa shape index (κ3) is 2.14. The highest BCUT2D eigenvalue weighted by atomic mass is 15.0. The molecule has 0 saturated carbocycles. The second-order valence-corrected chi connectivity index (χ2v) is 5.13. The molecule has 2 unspecified atom stereocenters. The molecule has 2 atom stereocenters. The minimum absolute atomic E-state index is 0.463. The van der Waals surface area contributed by atoms with Gasteiger partial charge < -0.3 is 10.6 Å². The van der Waals surface area contributed by atoms with E-state index in [4.69, 9.17) is 0 Å². The summed E-state index contributed by atoms with van der Waals surface area (Å²) in [6.07, 6.45) is 1.26. The summed E-state index contributed by atoms with van der Waals surface area (Å²) in [4.78, 5) is 0. The fourth-order valence-electron chi connectivity index (χ4n) is 3.04. The summed E-state index contributed by atoms with van der Waals surface area (Å²) in [5.74, 6) is 0.705. The molecule has 0 aliphatic carbocycles. The first-order chi connectivity index (χ1) is 8.88. The fourth-order valence-corrected chi connectivity index (χ4v) is 3.04. The van der Waals surface area contributed by atoms with Crippen molar-refractivity contribution in [1.82, 2.24) is 10.6 Å². The summed E-state index contributed by atoms with van der Waals surface area (Å²) in [5.41, 5.74) is 1.41. The van der Waals surface area contributed by atoms with E-state index in [1.807, 2.05) is 0 Å². The lowest BCUT2D eigenvalue weighted by Crippen LogP contribution is -2.26. The second kappa shape index (κ2) is 5.09. The Kier molecular flexibility index (Phi) is 3.31. The monoisotopic (exact) mass is 240 g/mol. The van der Waals surface area contributed by atoms with Crippen molar-refractivity contribution < 1.29 is 0 Å². The lowest BCUT2D eigenvalue weighted by molar-refractivity contribution is 0.411. The van der Waals surface area contributed by atoms with Gasteiger partial charge in [-0.2, -0.15) is 0 Å². The summed E-state index contributed by atoms with van der Waals surface area (Å²) in [5, 5.41) is 9.59. The van der Waals surface area contributed by atoms with Gasteiger partial charge in [-0.05, 0) is 54.9 Å². The zero-order chi connectivity index (χ0) is 12.4. The number of hydrogen-bond donors (Lipinski definition) is 2. The number of nitrogens with one attached hydrogen (secondary N) is 2. The quantitative estimate of drug-likeness (QED) is 0.862. The van der Waals surface area contributed by atoms with Crippen molar-refractivity contribution in [3.63, 3.8) is 0 Å². The van der Waals surface area contributed by atoms with Crippen LogP contribution in [0.4, 0.5) is 0 Å². The molecule has 1 saturated heterocycles. The maximum atomic E-state index is 3.48. The number of fused-ring (bicyclic) bond motifs is 1. The molecule has 0 amide bonds. The van der Waals surface area contributed by atoms with Crippen molar-refractivity contribution in [3.05, 3.63) is 48.0 Å². The van der Waals surface area contributed by atoms with Crippen molar-refractivity contribution >= 4 is 10.8 Å². The molecule has 0 spiro atoms. The van der Waals surface area contributed by atoms with Gasteiger partial charge in [-0.1, -0.05) is 36.4 Å². The molecule has 1 aliphatic heterocycles. The zero-order valence-electron chi connectivity index (χ0n) is 10.8. The molecule has 0 bridgehead atoms. The van der Waals surface area contributed by atoms with Gasteiger partial charge in [0.2, 0.25) is 0 Å². The molecule has 3 rings (SSSR count). The van der Waals surface area contributed by atoms with Gasteiger partial charge in [-0.3, -0.25) is 0 Å². The molecule has 1 heterocycles. The number of rotatable bonds is 3. The highest BCUT2D eigenvalue weighted by molar-refractivity contribution is 5.83. The molecular weight excluding hydrogens is 220 g/mol. The molecule has 2 aromatic rings. The lowest BCUT2D eigenvalue weighted by Gasteiger charge is -2.23. The molecule has 18 heavy (non-hydrogen) atoms. The highest BCUT2D eigenvalue weighted by Crippen LogP contribution is 2.28. The van der Waals surface area contributed by atoms with Crippen LogP contribution in [-0.2, 0) is 0 Å². The van der Waals surface area contributed by atoms with Gasteiger partial charge in [0.25, 0.3) is 0 Å². The molecular formula is C16H20N2. The molecule has 2 nitrogen and oxygen atoms in total. The second-order valence-electron chi connectivity index (χ2n) is 5.13. The highest BCUT2D eigenvalue weighted by Gasteiger charge is 2.24. The van der Waals surface area contributed by atoms with Gasteiger partial charge >= 0.3 is 0 Å². The molecule has 2 aromatic carbocycles. The van der Waals surface area contributed by atoms with Crippen molar-refractivity contribution in [1.29, 1.82) is 0 Å². The minimum atomic E-state index is 0.463. The van der Waals surface area contributed by atoms with E-state index in [-0.39, 0.29) is 0 Å². The topological polar surface area (TPSA) is 24.1 Å². The zero-order valence-corrected chi connectivity index (χ0v) is 10.8. The predicted octanol–water partition coefficient (Wildman–Crippen LogP) is 2.71. The summed E-state index contributed by atoms with van der Waals surface area (Å²) in [6, 6.07) is 15.9. The first-order valence-electron chi connectivity index (χ1n) is 6.75.